The number of carbonyl (C=O) groups excluding carboxylic acids is 1. The monoisotopic (exact) mass is 458 g/mol. The number of rotatable bonds is 5. The number of amides is 1. The molecule has 8 heteroatoms. The Morgan fingerprint density at radius 1 is 1.09 bits per heavy atom. The van der Waals surface area contributed by atoms with Crippen LogP contribution in [0.2, 0.25) is 0 Å². The molecule has 4 rings (SSSR count). The predicted molar refractivity (Wildman–Crippen MR) is 124 cm³/mol. The second kappa shape index (κ2) is 8.65. The molecule has 2 aliphatic heterocycles. The molecule has 2 aromatic carbocycles. The molecule has 0 spiro atoms. The lowest BCUT2D eigenvalue weighted by Crippen LogP contribution is -2.47. The van der Waals surface area contributed by atoms with Gasteiger partial charge in [-0.3, -0.25) is 9.10 Å². The second-order valence-electron chi connectivity index (χ2n) is 8.49. The summed E-state index contributed by atoms with van der Waals surface area (Å²) < 4.78 is 38.3. The van der Waals surface area contributed by atoms with Crippen LogP contribution in [0.5, 0.6) is 11.5 Å². The van der Waals surface area contributed by atoms with Gasteiger partial charge in [0.25, 0.3) is 5.91 Å². The van der Waals surface area contributed by atoms with Crippen LogP contribution in [0.25, 0.3) is 0 Å². The van der Waals surface area contributed by atoms with E-state index in [1.54, 1.807) is 24.3 Å². The molecule has 172 valence electrons. The Morgan fingerprint density at radius 3 is 2.44 bits per heavy atom. The van der Waals surface area contributed by atoms with Crippen molar-refractivity contribution in [2.24, 2.45) is 0 Å². The molecule has 0 aromatic heterocycles. The summed E-state index contributed by atoms with van der Waals surface area (Å²) >= 11 is 0. The van der Waals surface area contributed by atoms with Gasteiger partial charge in [0.2, 0.25) is 10.0 Å². The van der Waals surface area contributed by atoms with E-state index in [2.05, 4.69) is 19.2 Å². The summed E-state index contributed by atoms with van der Waals surface area (Å²) in [5.74, 6) is 0.931. The standard InChI is InChI=1S/C24H30N2O5S/c1-4-24(5-2)16-18(17-10-6-8-12-20(17)31-24)25-23(27)22-14-15-26(32(3,28)29)19-11-7-9-13-21(19)30-22/h6-13,18,22H,4-5,14-16H2,1-3H3,(H,25,27)/t18-,22-/m0/s1. The fraction of sp³-hybridized carbons (Fsp3) is 0.458. The number of hydrogen-bond acceptors (Lipinski definition) is 5. The number of ether oxygens (including phenoxy) is 2. The largest absolute Gasteiger partial charge is 0.487 e. The first-order valence-electron chi connectivity index (χ1n) is 11.1. The number of para-hydroxylation sites is 3. The Balaban J connectivity index is 1.59. The fourth-order valence-corrected chi connectivity index (χ4v) is 5.50. The molecule has 2 atom stereocenters. The molecule has 32 heavy (non-hydrogen) atoms. The zero-order valence-electron chi connectivity index (χ0n) is 18.7. The van der Waals surface area contributed by atoms with Gasteiger partial charge in [0.05, 0.1) is 18.0 Å². The number of nitrogens with zero attached hydrogens (tertiary/aromatic N) is 1. The van der Waals surface area contributed by atoms with Crippen LogP contribution in [0.4, 0.5) is 5.69 Å². The second-order valence-corrected chi connectivity index (χ2v) is 10.4. The van der Waals surface area contributed by atoms with Crippen molar-refractivity contribution in [2.45, 2.75) is 57.3 Å². The molecular weight excluding hydrogens is 428 g/mol. The molecule has 0 fully saturated rings. The van der Waals surface area contributed by atoms with Gasteiger partial charge < -0.3 is 14.8 Å². The van der Waals surface area contributed by atoms with Crippen LogP contribution in [0.1, 0.15) is 51.1 Å². The molecular formula is C24H30N2O5S. The number of hydrogen-bond donors (Lipinski definition) is 1. The quantitative estimate of drug-likeness (QED) is 0.737. The van der Waals surface area contributed by atoms with Crippen molar-refractivity contribution in [3.05, 3.63) is 54.1 Å². The Labute approximate surface area is 189 Å². The Kier molecular flexibility index (Phi) is 6.07. The van der Waals surface area contributed by atoms with Crippen LogP contribution in [0.3, 0.4) is 0 Å². The Morgan fingerprint density at radius 2 is 1.75 bits per heavy atom. The maximum absolute atomic E-state index is 13.3. The Hall–Kier alpha value is -2.74. The highest BCUT2D eigenvalue weighted by molar-refractivity contribution is 7.92. The minimum Gasteiger partial charge on any atom is -0.487 e. The lowest BCUT2D eigenvalue weighted by Gasteiger charge is -2.42. The highest BCUT2D eigenvalue weighted by Gasteiger charge is 2.40. The minimum absolute atomic E-state index is 0.173. The van der Waals surface area contributed by atoms with Crippen molar-refractivity contribution in [3.63, 3.8) is 0 Å². The molecule has 0 saturated carbocycles. The van der Waals surface area contributed by atoms with E-state index in [-0.39, 0.29) is 30.5 Å². The van der Waals surface area contributed by atoms with E-state index in [1.807, 2.05) is 24.3 Å². The lowest BCUT2D eigenvalue weighted by molar-refractivity contribution is -0.129. The zero-order valence-corrected chi connectivity index (χ0v) is 19.5. The van der Waals surface area contributed by atoms with Gasteiger partial charge in [0, 0.05) is 24.9 Å². The SMILES string of the molecule is CCC1(CC)C[C@H](NC(=O)[C@@H]2CCN(S(C)(=O)=O)c3ccccc3O2)c2ccccc2O1. The number of benzene rings is 2. The molecule has 1 amide bonds. The van der Waals surface area contributed by atoms with E-state index in [0.717, 1.165) is 30.4 Å². The van der Waals surface area contributed by atoms with Crippen LogP contribution in [0, 0.1) is 0 Å². The van der Waals surface area contributed by atoms with E-state index < -0.39 is 16.1 Å². The van der Waals surface area contributed by atoms with E-state index in [0.29, 0.717) is 17.9 Å². The Bertz CT molecular complexity index is 1100. The van der Waals surface area contributed by atoms with Crippen molar-refractivity contribution >= 4 is 21.6 Å². The molecule has 0 bridgehead atoms. The summed E-state index contributed by atoms with van der Waals surface area (Å²) in [5, 5.41) is 3.17. The number of nitrogens with one attached hydrogen (secondary N) is 1. The smallest absolute Gasteiger partial charge is 0.261 e. The van der Waals surface area contributed by atoms with Gasteiger partial charge in [-0.2, -0.15) is 0 Å². The summed E-state index contributed by atoms with van der Waals surface area (Å²) in [5.41, 5.74) is 1.07. The molecule has 0 aliphatic carbocycles. The van der Waals surface area contributed by atoms with Gasteiger partial charge in [0.1, 0.15) is 17.1 Å². The summed E-state index contributed by atoms with van der Waals surface area (Å²) in [4.78, 5) is 13.3. The summed E-state index contributed by atoms with van der Waals surface area (Å²) in [7, 11) is -3.50. The number of fused-ring (bicyclic) bond motifs is 2. The van der Waals surface area contributed by atoms with E-state index in [1.165, 1.54) is 4.31 Å². The van der Waals surface area contributed by atoms with Crippen molar-refractivity contribution in [1.29, 1.82) is 0 Å². The lowest BCUT2D eigenvalue weighted by atomic mass is 9.83. The molecule has 2 heterocycles. The van der Waals surface area contributed by atoms with Crippen LogP contribution >= 0.6 is 0 Å². The van der Waals surface area contributed by atoms with E-state index in [9.17, 15) is 13.2 Å². The van der Waals surface area contributed by atoms with Crippen molar-refractivity contribution in [2.75, 3.05) is 17.1 Å². The number of sulfonamides is 1. The maximum atomic E-state index is 13.3. The molecule has 0 radical (unpaired) electrons. The fourth-order valence-electron chi connectivity index (χ4n) is 4.55. The topological polar surface area (TPSA) is 84.9 Å². The molecule has 2 aromatic rings. The van der Waals surface area contributed by atoms with Crippen LogP contribution < -0.4 is 19.1 Å². The average Bonchev–Trinajstić information content (AvgIpc) is 2.99. The zero-order chi connectivity index (χ0) is 22.9. The minimum atomic E-state index is -3.50. The van der Waals surface area contributed by atoms with Crippen molar-refractivity contribution in [3.8, 4) is 11.5 Å². The molecule has 1 N–H and O–H groups in total. The van der Waals surface area contributed by atoms with Crippen LogP contribution in [-0.2, 0) is 14.8 Å². The summed E-state index contributed by atoms with van der Waals surface area (Å²) in [6, 6.07) is 14.5. The summed E-state index contributed by atoms with van der Waals surface area (Å²) in [6.07, 6.45) is 2.96. The average molecular weight is 459 g/mol. The van der Waals surface area contributed by atoms with E-state index >= 15 is 0 Å². The first-order valence-corrected chi connectivity index (χ1v) is 12.9. The van der Waals surface area contributed by atoms with Gasteiger partial charge in [-0.1, -0.05) is 44.2 Å². The van der Waals surface area contributed by atoms with Gasteiger partial charge in [-0.15, -0.1) is 0 Å². The molecule has 2 aliphatic rings. The molecule has 0 unspecified atom stereocenters. The first-order chi connectivity index (χ1) is 15.3. The van der Waals surface area contributed by atoms with Crippen molar-refractivity contribution < 1.29 is 22.7 Å². The predicted octanol–water partition coefficient (Wildman–Crippen LogP) is 3.80. The number of anilines is 1. The summed E-state index contributed by atoms with van der Waals surface area (Å²) in [6.45, 7) is 4.37. The normalized spacial score (nSPS) is 21.9. The highest BCUT2D eigenvalue weighted by Crippen LogP contribution is 2.43. The van der Waals surface area contributed by atoms with Crippen LogP contribution in [0.15, 0.2) is 48.5 Å². The van der Waals surface area contributed by atoms with Gasteiger partial charge in [0.15, 0.2) is 6.10 Å². The third kappa shape index (κ3) is 4.28. The van der Waals surface area contributed by atoms with Gasteiger partial charge in [-0.25, -0.2) is 8.42 Å². The van der Waals surface area contributed by atoms with E-state index in [4.69, 9.17) is 9.47 Å². The maximum Gasteiger partial charge on any atom is 0.261 e. The number of carbonyl (C=O) groups is 1. The molecule has 7 nitrogen and oxygen atoms in total. The first kappa shape index (κ1) is 22.5. The van der Waals surface area contributed by atoms with Crippen LogP contribution in [-0.4, -0.2) is 38.8 Å². The third-order valence-corrected chi connectivity index (χ3v) is 7.67. The third-order valence-electron chi connectivity index (χ3n) is 6.49. The van der Waals surface area contributed by atoms with Gasteiger partial charge >= 0.3 is 0 Å². The highest BCUT2D eigenvalue weighted by atomic mass is 32.2. The molecule has 0 saturated heterocycles. The van der Waals surface area contributed by atoms with Gasteiger partial charge in [-0.05, 0) is 31.0 Å². The van der Waals surface area contributed by atoms with Crippen molar-refractivity contribution in [1.82, 2.24) is 5.32 Å².